The van der Waals surface area contributed by atoms with Crippen molar-refractivity contribution in [2.75, 3.05) is 33.9 Å². The molecule has 0 aromatic heterocycles. The number of rotatable bonds is 6. The maximum absolute atomic E-state index is 12.5. The van der Waals surface area contributed by atoms with Gasteiger partial charge < -0.3 is 20.3 Å². The van der Waals surface area contributed by atoms with Gasteiger partial charge in [-0.15, -0.1) is 12.4 Å². The molecule has 1 aliphatic heterocycles. The molecule has 2 amide bonds. The number of hydrogen-bond donors (Lipinski definition) is 2. The second kappa shape index (κ2) is 9.15. The lowest BCUT2D eigenvalue weighted by molar-refractivity contribution is -0.139. The summed E-state index contributed by atoms with van der Waals surface area (Å²) in [6, 6.07) is -0.277. The Hall–Kier alpha value is -0.850. The van der Waals surface area contributed by atoms with Crippen molar-refractivity contribution < 1.29 is 14.3 Å². The molecule has 2 atom stereocenters. The van der Waals surface area contributed by atoms with Crippen LogP contribution < -0.4 is 10.6 Å². The first-order valence-electron chi connectivity index (χ1n) is 6.73. The Morgan fingerprint density at radius 2 is 2.10 bits per heavy atom. The van der Waals surface area contributed by atoms with Crippen molar-refractivity contribution in [3.8, 4) is 0 Å². The number of methoxy groups -OCH3 is 1. The average molecular weight is 308 g/mol. The predicted molar refractivity (Wildman–Crippen MR) is 79.9 cm³/mol. The highest BCUT2D eigenvalue weighted by Gasteiger charge is 2.31. The average Bonchev–Trinajstić information content (AvgIpc) is 2.88. The third kappa shape index (κ3) is 5.26. The molecule has 1 heterocycles. The van der Waals surface area contributed by atoms with Crippen molar-refractivity contribution in [1.82, 2.24) is 15.5 Å². The van der Waals surface area contributed by atoms with E-state index in [2.05, 4.69) is 10.6 Å². The maximum atomic E-state index is 12.5. The van der Waals surface area contributed by atoms with E-state index in [0.29, 0.717) is 0 Å². The lowest BCUT2D eigenvalue weighted by Gasteiger charge is -2.30. The van der Waals surface area contributed by atoms with Crippen LogP contribution in [0, 0.1) is 5.92 Å². The fraction of sp³-hybridized carbons (Fsp3) is 0.846. The summed E-state index contributed by atoms with van der Waals surface area (Å²) in [5, 5.41) is 5.98. The number of carbonyl (C=O) groups is 2. The van der Waals surface area contributed by atoms with Crippen LogP contribution in [0.3, 0.4) is 0 Å². The summed E-state index contributed by atoms with van der Waals surface area (Å²) in [6.07, 6.45) is 0.957. The molecule has 0 spiro atoms. The molecule has 1 fully saturated rings. The van der Waals surface area contributed by atoms with E-state index in [1.165, 1.54) is 7.11 Å². The molecule has 0 radical (unpaired) electrons. The zero-order chi connectivity index (χ0) is 14.4. The molecule has 0 aliphatic carbocycles. The zero-order valence-electron chi connectivity index (χ0n) is 12.6. The van der Waals surface area contributed by atoms with Gasteiger partial charge in [0.1, 0.15) is 12.6 Å². The molecule has 0 bridgehead atoms. The normalized spacial score (nSPS) is 19.4. The second-order valence-electron chi connectivity index (χ2n) is 5.32. The Balaban J connectivity index is 0.00000361. The van der Waals surface area contributed by atoms with Gasteiger partial charge in [-0.3, -0.25) is 9.59 Å². The van der Waals surface area contributed by atoms with Crippen LogP contribution >= 0.6 is 12.4 Å². The Morgan fingerprint density at radius 1 is 1.45 bits per heavy atom. The largest absolute Gasteiger partial charge is 0.375 e. The van der Waals surface area contributed by atoms with Crippen LogP contribution in [-0.2, 0) is 14.3 Å². The van der Waals surface area contributed by atoms with Crippen molar-refractivity contribution in [3.05, 3.63) is 0 Å². The van der Waals surface area contributed by atoms with Gasteiger partial charge in [0.2, 0.25) is 11.8 Å². The van der Waals surface area contributed by atoms with Crippen LogP contribution in [0.2, 0.25) is 0 Å². The van der Waals surface area contributed by atoms with Crippen LogP contribution in [0.25, 0.3) is 0 Å². The summed E-state index contributed by atoms with van der Waals surface area (Å²) < 4.78 is 4.78. The predicted octanol–water partition coefficient (Wildman–Crippen LogP) is 0.0157. The molecule has 7 heteroatoms. The van der Waals surface area contributed by atoms with E-state index in [1.807, 2.05) is 13.8 Å². The number of hydrogen-bond acceptors (Lipinski definition) is 4. The Kier molecular flexibility index (Phi) is 8.76. The highest BCUT2D eigenvalue weighted by Crippen LogP contribution is 2.11. The lowest BCUT2D eigenvalue weighted by atomic mass is 10.0. The van der Waals surface area contributed by atoms with Gasteiger partial charge in [-0.2, -0.15) is 0 Å². The van der Waals surface area contributed by atoms with Crippen LogP contribution in [0.5, 0.6) is 0 Å². The van der Waals surface area contributed by atoms with Crippen molar-refractivity contribution in [2.24, 2.45) is 5.92 Å². The summed E-state index contributed by atoms with van der Waals surface area (Å²) >= 11 is 0. The minimum absolute atomic E-state index is 0. The molecule has 1 unspecified atom stereocenters. The molecule has 0 aromatic rings. The van der Waals surface area contributed by atoms with Gasteiger partial charge in [0, 0.05) is 26.7 Å². The summed E-state index contributed by atoms with van der Waals surface area (Å²) in [4.78, 5) is 25.8. The lowest BCUT2D eigenvalue weighted by Crippen LogP contribution is -2.53. The van der Waals surface area contributed by atoms with Gasteiger partial charge >= 0.3 is 0 Å². The highest BCUT2D eigenvalue weighted by atomic mass is 35.5. The van der Waals surface area contributed by atoms with Crippen LogP contribution in [0.1, 0.15) is 20.3 Å². The summed E-state index contributed by atoms with van der Waals surface area (Å²) in [6.45, 7) is 5.59. The Morgan fingerprint density at radius 3 is 2.55 bits per heavy atom. The summed E-state index contributed by atoms with van der Waals surface area (Å²) in [7, 11) is 3.26. The van der Waals surface area contributed by atoms with Gasteiger partial charge in [-0.25, -0.2) is 0 Å². The number of likely N-dealkylation sites (N-methyl/N-ethyl adjacent to an activating group) is 1. The van der Waals surface area contributed by atoms with Gasteiger partial charge in [0.25, 0.3) is 0 Å². The monoisotopic (exact) mass is 307 g/mol. The summed E-state index contributed by atoms with van der Waals surface area (Å²) in [5.74, 6) is -0.245. The summed E-state index contributed by atoms with van der Waals surface area (Å²) in [5.41, 5.74) is 0. The van der Waals surface area contributed by atoms with Crippen molar-refractivity contribution in [1.29, 1.82) is 0 Å². The molecule has 0 aromatic carbocycles. The van der Waals surface area contributed by atoms with E-state index >= 15 is 0 Å². The molecule has 1 aliphatic rings. The SMILES string of the molecule is COCC(=O)N[C@H](C(=O)N(C)C1CCNC1)C(C)C.Cl. The number of ether oxygens (including phenoxy) is 1. The smallest absolute Gasteiger partial charge is 0.246 e. The van der Waals surface area contributed by atoms with E-state index in [0.717, 1.165) is 19.5 Å². The Bertz CT molecular complexity index is 320. The molecule has 1 rings (SSSR count). The minimum Gasteiger partial charge on any atom is -0.375 e. The van der Waals surface area contributed by atoms with Crippen molar-refractivity contribution >= 4 is 24.2 Å². The molecule has 20 heavy (non-hydrogen) atoms. The molecule has 118 valence electrons. The van der Waals surface area contributed by atoms with E-state index in [1.54, 1.807) is 11.9 Å². The second-order valence-corrected chi connectivity index (χ2v) is 5.32. The van der Waals surface area contributed by atoms with Crippen molar-refractivity contribution in [3.63, 3.8) is 0 Å². The number of amides is 2. The number of halogens is 1. The fourth-order valence-electron chi connectivity index (χ4n) is 2.23. The topological polar surface area (TPSA) is 70.7 Å². The van der Waals surface area contributed by atoms with Gasteiger partial charge in [-0.05, 0) is 18.9 Å². The van der Waals surface area contributed by atoms with Gasteiger partial charge in [0.15, 0.2) is 0 Å². The third-order valence-corrected chi connectivity index (χ3v) is 3.45. The number of nitrogens with zero attached hydrogens (tertiary/aromatic N) is 1. The van der Waals surface area contributed by atoms with Gasteiger partial charge in [0.05, 0.1) is 0 Å². The Labute approximate surface area is 127 Å². The van der Waals surface area contributed by atoms with Crippen LogP contribution in [-0.4, -0.2) is 62.7 Å². The van der Waals surface area contributed by atoms with Crippen molar-refractivity contribution in [2.45, 2.75) is 32.4 Å². The van der Waals surface area contributed by atoms with E-state index < -0.39 is 6.04 Å². The minimum atomic E-state index is -0.492. The molecule has 2 N–H and O–H groups in total. The molecule has 0 saturated carbocycles. The van der Waals surface area contributed by atoms with Crippen LogP contribution in [0.4, 0.5) is 0 Å². The maximum Gasteiger partial charge on any atom is 0.246 e. The number of nitrogens with one attached hydrogen (secondary N) is 2. The van der Waals surface area contributed by atoms with E-state index in [9.17, 15) is 9.59 Å². The third-order valence-electron chi connectivity index (χ3n) is 3.45. The molecule has 1 saturated heterocycles. The fourth-order valence-corrected chi connectivity index (χ4v) is 2.23. The van der Waals surface area contributed by atoms with E-state index in [-0.39, 0.29) is 42.8 Å². The first-order valence-corrected chi connectivity index (χ1v) is 6.73. The quantitative estimate of drug-likeness (QED) is 0.725. The first kappa shape index (κ1) is 19.1. The first-order chi connectivity index (χ1) is 8.97. The van der Waals surface area contributed by atoms with Gasteiger partial charge in [-0.1, -0.05) is 13.8 Å². The van der Waals surface area contributed by atoms with Crippen LogP contribution in [0.15, 0.2) is 0 Å². The molecular formula is C13H26ClN3O3. The van der Waals surface area contributed by atoms with E-state index in [4.69, 9.17) is 4.74 Å². The molecular weight excluding hydrogens is 282 g/mol. The highest BCUT2D eigenvalue weighted by molar-refractivity contribution is 5.88. The zero-order valence-corrected chi connectivity index (χ0v) is 13.5. The molecule has 6 nitrogen and oxygen atoms in total. The number of carbonyl (C=O) groups excluding carboxylic acids is 2. The standard InChI is InChI=1S/C13H25N3O3.ClH/c1-9(2)12(15-11(17)8-19-4)13(18)16(3)10-5-6-14-7-10;/h9-10,12,14H,5-8H2,1-4H3,(H,15,17);1H/t10?,12-;/m0./s1.